The Kier molecular flexibility index (Phi) is 9.61. The molecule has 0 amide bonds. The number of halogens is 4. The van der Waals surface area contributed by atoms with E-state index in [1.54, 1.807) is 48.5 Å². The Bertz CT molecular complexity index is 777. The van der Waals surface area contributed by atoms with Gasteiger partial charge in [-0.25, -0.2) is 8.42 Å². The minimum atomic E-state index is -3.80. The Hall–Kier alpha value is -0.0900. The lowest BCUT2D eigenvalue weighted by atomic mass is 10.3. The summed E-state index contributed by atoms with van der Waals surface area (Å²) in [7, 11) is -3.80. The summed E-state index contributed by atoms with van der Waals surface area (Å²) < 4.78 is 38.2. The largest absolute Gasteiger partial charge is 0.492 e. The molecule has 9 heteroatoms. The van der Waals surface area contributed by atoms with E-state index in [0.717, 1.165) is 0 Å². The number of hydrogen-bond acceptors (Lipinski definition) is 4. The second kappa shape index (κ2) is 11.2. The quantitative estimate of drug-likeness (QED) is 0.284. The maximum atomic E-state index is 13.3. The van der Waals surface area contributed by atoms with Crippen molar-refractivity contribution in [3.05, 3.63) is 48.5 Å². The summed E-state index contributed by atoms with van der Waals surface area (Å²) in [5.41, 5.74) is 0. The van der Waals surface area contributed by atoms with E-state index in [1.165, 1.54) is 0 Å². The molecule has 27 heavy (non-hydrogen) atoms. The normalized spacial score (nSPS) is 11.8. The van der Waals surface area contributed by atoms with E-state index in [0.29, 0.717) is 37.6 Å². The van der Waals surface area contributed by atoms with Gasteiger partial charge in [-0.05, 0) is 24.3 Å². The predicted molar refractivity (Wildman–Crippen MR) is 122 cm³/mol. The van der Waals surface area contributed by atoms with Crippen molar-refractivity contribution in [3.63, 3.8) is 0 Å². The van der Waals surface area contributed by atoms with Crippen molar-refractivity contribution in [2.45, 2.75) is 30.1 Å². The fourth-order valence-corrected chi connectivity index (χ4v) is 4.50. The maximum Gasteiger partial charge on any atom is 0.213 e. The van der Waals surface area contributed by atoms with Gasteiger partial charge >= 0.3 is 0 Å². The SMILES string of the molecule is O=S(=O)(c1ccccc1OCCC(Br)Br)c1ccccc1OCCC(Br)Br. The van der Waals surface area contributed by atoms with E-state index in [1.807, 2.05) is 0 Å². The first-order chi connectivity index (χ1) is 12.8. The van der Waals surface area contributed by atoms with Gasteiger partial charge in [-0.3, -0.25) is 0 Å². The zero-order valence-electron chi connectivity index (χ0n) is 14.2. The van der Waals surface area contributed by atoms with E-state index in [9.17, 15) is 8.42 Å². The number of alkyl halides is 4. The zero-order chi connectivity index (χ0) is 19.9. The Labute approximate surface area is 193 Å². The van der Waals surface area contributed by atoms with Gasteiger partial charge < -0.3 is 9.47 Å². The van der Waals surface area contributed by atoms with Gasteiger partial charge in [-0.2, -0.15) is 0 Å². The molecule has 0 heterocycles. The number of sulfone groups is 1. The maximum absolute atomic E-state index is 13.3. The van der Waals surface area contributed by atoms with Crippen LogP contribution in [-0.2, 0) is 9.84 Å². The number of rotatable bonds is 10. The van der Waals surface area contributed by atoms with Gasteiger partial charge in [-0.15, -0.1) is 0 Å². The highest BCUT2D eigenvalue weighted by Crippen LogP contribution is 2.34. The van der Waals surface area contributed by atoms with E-state index in [2.05, 4.69) is 63.7 Å². The summed E-state index contributed by atoms with van der Waals surface area (Å²) in [5.74, 6) is 0.655. The van der Waals surface area contributed by atoms with Gasteiger partial charge in [0, 0.05) is 12.8 Å². The second-order valence-electron chi connectivity index (χ2n) is 5.45. The van der Waals surface area contributed by atoms with Gasteiger partial charge in [0.1, 0.15) is 21.3 Å². The smallest absolute Gasteiger partial charge is 0.213 e. The molecule has 2 rings (SSSR count). The minimum absolute atomic E-state index is 0.107. The third-order valence-electron chi connectivity index (χ3n) is 3.46. The van der Waals surface area contributed by atoms with Crippen LogP contribution in [0.5, 0.6) is 11.5 Å². The van der Waals surface area contributed by atoms with Crippen LogP contribution in [0.3, 0.4) is 0 Å². The Morgan fingerprint density at radius 1 is 0.704 bits per heavy atom. The fraction of sp³-hybridized carbons (Fsp3) is 0.333. The van der Waals surface area contributed by atoms with Crippen molar-refractivity contribution in [1.29, 1.82) is 0 Å². The molecule has 148 valence electrons. The summed E-state index contributed by atoms with van der Waals surface area (Å²) in [6, 6.07) is 13.3. The topological polar surface area (TPSA) is 52.6 Å². The Balaban J connectivity index is 2.31. The van der Waals surface area contributed by atoms with E-state index < -0.39 is 9.84 Å². The number of hydrogen-bond donors (Lipinski definition) is 0. The molecule has 0 spiro atoms. The lowest BCUT2D eigenvalue weighted by Crippen LogP contribution is -2.10. The highest BCUT2D eigenvalue weighted by Gasteiger charge is 2.25. The van der Waals surface area contributed by atoms with Crippen LogP contribution in [0.2, 0.25) is 0 Å². The highest BCUT2D eigenvalue weighted by molar-refractivity contribution is 9.25. The van der Waals surface area contributed by atoms with Crippen LogP contribution in [0, 0.1) is 0 Å². The first-order valence-corrected chi connectivity index (χ1v) is 13.2. The van der Waals surface area contributed by atoms with Crippen molar-refractivity contribution in [1.82, 2.24) is 0 Å². The van der Waals surface area contributed by atoms with Gasteiger partial charge in [0.25, 0.3) is 0 Å². The van der Waals surface area contributed by atoms with Gasteiger partial charge in [0.15, 0.2) is 0 Å². The molecule has 0 saturated heterocycles. The molecule has 0 aliphatic carbocycles. The Morgan fingerprint density at radius 3 is 1.44 bits per heavy atom. The lowest BCUT2D eigenvalue weighted by molar-refractivity contribution is 0.307. The average molecular weight is 650 g/mol. The molecule has 4 nitrogen and oxygen atoms in total. The molecule has 0 aromatic heterocycles. The third-order valence-corrected chi connectivity index (χ3v) is 7.13. The molecule has 0 unspecified atom stereocenters. The van der Waals surface area contributed by atoms with Crippen LogP contribution in [0.1, 0.15) is 12.8 Å². The van der Waals surface area contributed by atoms with E-state index in [4.69, 9.17) is 9.47 Å². The molecule has 0 N–H and O–H groups in total. The number of ether oxygens (including phenoxy) is 2. The van der Waals surface area contributed by atoms with Crippen molar-refractivity contribution in [2.24, 2.45) is 0 Å². The van der Waals surface area contributed by atoms with E-state index in [-0.39, 0.29) is 17.3 Å². The van der Waals surface area contributed by atoms with Gasteiger partial charge in [-0.1, -0.05) is 88.0 Å². The van der Waals surface area contributed by atoms with Crippen LogP contribution < -0.4 is 9.47 Å². The molecule has 0 saturated carbocycles. The number of para-hydroxylation sites is 2. The van der Waals surface area contributed by atoms with Crippen molar-refractivity contribution in [3.8, 4) is 11.5 Å². The summed E-state index contributed by atoms with van der Waals surface area (Å²) in [5, 5.41) is 0. The van der Waals surface area contributed by atoms with E-state index >= 15 is 0 Å². The molecule has 2 aromatic rings. The highest BCUT2D eigenvalue weighted by atomic mass is 79.9. The first kappa shape index (κ1) is 23.2. The van der Waals surface area contributed by atoms with Crippen LogP contribution in [0.15, 0.2) is 58.3 Å². The zero-order valence-corrected chi connectivity index (χ0v) is 21.3. The molecular formula is C18H18Br4O4S. The third kappa shape index (κ3) is 7.03. The first-order valence-electron chi connectivity index (χ1n) is 8.07. The predicted octanol–water partition coefficient (Wildman–Crippen LogP) is 6.29. The summed E-state index contributed by atoms with van der Waals surface area (Å²) in [4.78, 5) is 0.251. The van der Waals surface area contributed by atoms with Crippen LogP contribution in [0.25, 0.3) is 0 Å². The van der Waals surface area contributed by atoms with Crippen molar-refractivity contribution >= 4 is 73.6 Å². The number of benzene rings is 2. The fourth-order valence-electron chi connectivity index (χ4n) is 2.22. The monoisotopic (exact) mass is 646 g/mol. The minimum Gasteiger partial charge on any atom is -0.492 e. The molecule has 0 aliphatic heterocycles. The van der Waals surface area contributed by atoms with Crippen molar-refractivity contribution in [2.75, 3.05) is 13.2 Å². The molecule has 0 bridgehead atoms. The Morgan fingerprint density at radius 2 is 1.07 bits per heavy atom. The second-order valence-corrected chi connectivity index (χ2v) is 14.2. The van der Waals surface area contributed by atoms with Gasteiger partial charge in [0.2, 0.25) is 9.84 Å². The molecule has 0 aliphatic rings. The summed E-state index contributed by atoms with van der Waals surface area (Å²) in [6.07, 6.45) is 1.38. The lowest BCUT2D eigenvalue weighted by Gasteiger charge is -2.15. The molecule has 0 atom stereocenters. The van der Waals surface area contributed by atoms with Crippen LogP contribution in [0.4, 0.5) is 0 Å². The standard InChI is InChI=1S/C18H18Br4O4S/c19-17(20)9-11-25-13-5-1-3-7-15(13)27(23,24)16-8-4-2-6-14(16)26-12-10-18(21)22/h1-8,17-18H,9-12H2. The van der Waals surface area contributed by atoms with Crippen LogP contribution >= 0.6 is 63.7 Å². The molecular weight excluding hydrogens is 632 g/mol. The van der Waals surface area contributed by atoms with Gasteiger partial charge in [0.05, 0.1) is 20.7 Å². The summed E-state index contributed by atoms with van der Waals surface area (Å²) in [6.45, 7) is 0.757. The molecule has 0 fully saturated rings. The summed E-state index contributed by atoms with van der Waals surface area (Å²) >= 11 is 13.5. The average Bonchev–Trinajstić information content (AvgIpc) is 2.62. The van der Waals surface area contributed by atoms with Crippen LogP contribution in [-0.4, -0.2) is 29.1 Å². The van der Waals surface area contributed by atoms with Crippen molar-refractivity contribution < 1.29 is 17.9 Å². The molecule has 2 aromatic carbocycles. The molecule has 0 radical (unpaired) electrons.